The van der Waals surface area contributed by atoms with Gasteiger partial charge in [-0.05, 0) is 44.9 Å². The number of epoxide rings is 2. The number of carbonyl (C=O) groups is 6. The fraction of sp³-hybridized carbons (Fsp3) is 0.842. The molecule has 0 aromatic heterocycles. The molecule has 15 heteroatoms. The van der Waals surface area contributed by atoms with Crippen molar-refractivity contribution in [2.75, 3.05) is 0 Å². The molecule has 290 valence electrons. The number of Topliss-reactive ketones (excluding diaryl/α,β-unsaturated/α-hetero) is 1. The summed E-state index contributed by atoms with van der Waals surface area (Å²) in [7, 11) is 0. The molecule has 3 heterocycles. The standard InChI is InChI=1S/C38H48O15/c1-12-20-23(36(7)37(8,46)33(45)53-38(36)29(12)52-38)25(43)21-19-22(28(47-13(2)39)31(35(20,21)6)49-15(4)41)34(5)17(11-18-27(50-18)30(34)48-14(3)40)26(24(19)42)51-32(44)16-9-10-16/h12,16-23,25-31,43,46H,9-11H2,1-8H3/t12-,17+,18-,19-,20-,21+,22+,23-,25+,26?,27-,28-,29+,30-,31-,34-,35+,36-,37+,38-/m0/s1. The van der Waals surface area contributed by atoms with Crippen LogP contribution in [-0.2, 0) is 61.9 Å². The Kier molecular flexibility index (Phi) is 7.10. The van der Waals surface area contributed by atoms with Crippen LogP contribution in [0.2, 0.25) is 0 Å². The lowest BCUT2D eigenvalue weighted by molar-refractivity contribution is -0.268. The van der Waals surface area contributed by atoms with Gasteiger partial charge in [-0.2, -0.15) is 0 Å². The summed E-state index contributed by atoms with van der Waals surface area (Å²) in [6.07, 6.45) is -6.48. The van der Waals surface area contributed by atoms with Gasteiger partial charge < -0.3 is 43.4 Å². The van der Waals surface area contributed by atoms with E-state index in [1.165, 1.54) is 27.7 Å². The van der Waals surface area contributed by atoms with E-state index in [1.807, 2.05) is 13.8 Å². The summed E-state index contributed by atoms with van der Waals surface area (Å²) in [5, 5.41) is 25.0. The second-order valence-corrected chi connectivity index (χ2v) is 18.2. The normalized spacial score (nSPS) is 56.4. The summed E-state index contributed by atoms with van der Waals surface area (Å²) in [6.45, 7) is 12.2. The minimum Gasteiger partial charge on any atom is -0.459 e. The van der Waals surface area contributed by atoms with E-state index in [1.54, 1.807) is 13.8 Å². The van der Waals surface area contributed by atoms with E-state index in [4.69, 9.17) is 33.2 Å². The molecule has 6 aliphatic carbocycles. The minimum absolute atomic E-state index is 0.274. The summed E-state index contributed by atoms with van der Waals surface area (Å²) in [5.74, 6) is -12.1. The van der Waals surface area contributed by atoms with Crippen LogP contribution in [0.4, 0.5) is 0 Å². The van der Waals surface area contributed by atoms with E-state index in [-0.39, 0.29) is 18.4 Å². The molecule has 9 fully saturated rings. The number of carbonyl (C=O) groups excluding carboxylic acids is 6. The largest absolute Gasteiger partial charge is 0.459 e. The van der Waals surface area contributed by atoms with Gasteiger partial charge in [-0.15, -0.1) is 0 Å². The van der Waals surface area contributed by atoms with Gasteiger partial charge >= 0.3 is 29.8 Å². The first-order valence-electron chi connectivity index (χ1n) is 18.9. The van der Waals surface area contributed by atoms with Crippen molar-refractivity contribution in [2.24, 2.45) is 63.6 Å². The lowest BCUT2D eigenvalue weighted by atomic mass is 9.41. The first-order chi connectivity index (χ1) is 24.7. The van der Waals surface area contributed by atoms with E-state index in [0.29, 0.717) is 12.8 Å². The number of aliphatic hydroxyl groups is 2. The SMILES string of the molecule is CC(=O)O[C@H]1[C@H]2[C@@H](C(=O)C(OC(=O)C3CC3)[C@H]3C[C@@H]4O[C@@H]4[C@H](OC(C)=O)[C@]23C)[C@@H]2[C@@H](O)[C@@H]3[C@H]([C@H](C)[C@H]4O[C@]45OC(=O)[C@@](C)(O)[C@]35C)[C@@]2(C)[C@H]1OC(C)=O. The van der Waals surface area contributed by atoms with Gasteiger partial charge in [0.25, 0.3) is 0 Å². The quantitative estimate of drug-likeness (QED) is 0.228. The van der Waals surface area contributed by atoms with Crippen molar-refractivity contribution in [2.45, 2.75) is 135 Å². The maximum absolute atomic E-state index is 15.5. The molecule has 0 aromatic rings. The maximum Gasteiger partial charge on any atom is 0.341 e. The number of fused-ring (bicyclic) bond motifs is 9. The third kappa shape index (κ3) is 4.10. The van der Waals surface area contributed by atoms with Crippen molar-refractivity contribution in [1.82, 2.24) is 0 Å². The molecule has 0 amide bonds. The Hall–Kier alpha value is -3.14. The molecule has 9 rings (SSSR count). The van der Waals surface area contributed by atoms with Crippen LogP contribution in [-0.4, -0.2) is 106 Å². The van der Waals surface area contributed by atoms with Crippen molar-refractivity contribution in [3.8, 4) is 0 Å². The fourth-order valence-electron chi connectivity index (χ4n) is 13.5. The second kappa shape index (κ2) is 10.6. The summed E-state index contributed by atoms with van der Waals surface area (Å²) < 4.78 is 42.8. The zero-order valence-corrected chi connectivity index (χ0v) is 31.1. The lowest BCUT2D eigenvalue weighted by Crippen LogP contribution is -2.75. The number of rotatable bonds is 5. The van der Waals surface area contributed by atoms with Crippen LogP contribution in [0.5, 0.6) is 0 Å². The Bertz CT molecular complexity index is 1740. The van der Waals surface area contributed by atoms with Crippen molar-refractivity contribution in [1.29, 1.82) is 0 Å². The van der Waals surface area contributed by atoms with E-state index < -0.39 is 147 Å². The van der Waals surface area contributed by atoms with Crippen LogP contribution in [0.1, 0.15) is 74.7 Å². The highest BCUT2D eigenvalue weighted by Gasteiger charge is 2.93. The van der Waals surface area contributed by atoms with Crippen molar-refractivity contribution in [3.05, 3.63) is 0 Å². The Morgan fingerprint density at radius 1 is 0.811 bits per heavy atom. The number of ether oxygens (including phenoxy) is 7. The topological polar surface area (TPSA) is 214 Å². The highest BCUT2D eigenvalue weighted by atomic mass is 16.8. The Morgan fingerprint density at radius 3 is 2.04 bits per heavy atom. The molecule has 9 aliphatic rings. The summed E-state index contributed by atoms with van der Waals surface area (Å²) in [6, 6.07) is 0. The van der Waals surface area contributed by atoms with Crippen molar-refractivity contribution in [3.63, 3.8) is 0 Å². The van der Waals surface area contributed by atoms with Gasteiger partial charge in [0.15, 0.2) is 17.5 Å². The predicted octanol–water partition coefficient (Wildman–Crippen LogP) is 1.01. The Labute approximate surface area is 306 Å². The van der Waals surface area contributed by atoms with Crippen LogP contribution >= 0.6 is 0 Å². The molecular weight excluding hydrogens is 696 g/mol. The minimum atomic E-state index is -2.14. The molecule has 1 spiro atoms. The van der Waals surface area contributed by atoms with Crippen LogP contribution in [0, 0.1) is 63.6 Å². The van der Waals surface area contributed by atoms with Gasteiger partial charge in [0.05, 0.1) is 23.5 Å². The van der Waals surface area contributed by atoms with Gasteiger partial charge in [-0.1, -0.05) is 20.8 Å². The fourth-order valence-corrected chi connectivity index (χ4v) is 13.5. The third-order valence-corrected chi connectivity index (χ3v) is 15.9. The molecule has 0 bridgehead atoms. The van der Waals surface area contributed by atoms with E-state index >= 15 is 4.79 Å². The molecule has 53 heavy (non-hydrogen) atoms. The van der Waals surface area contributed by atoms with Crippen molar-refractivity contribution < 1.29 is 72.1 Å². The number of hydrogen-bond acceptors (Lipinski definition) is 15. The van der Waals surface area contributed by atoms with Gasteiger partial charge in [0, 0.05) is 61.2 Å². The molecule has 15 nitrogen and oxygen atoms in total. The molecule has 3 saturated heterocycles. The average Bonchev–Trinajstić information content (AvgIpc) is 3.94. The van der Waals surface area contributed by atoms with Crippen molar-refractivity contribution >= 4 is 35.6 Å². The summed E-state index contributed by atoms with van der Waals surface area (Å²) in [5.41, 5.74) is -6.34. The number of ketones is 1. The van der Waals surface area contributed by atoms with E-state index in [0.717, 1.165) is 0 Å². The van der Waals surface area contributed by atoms with Crippen LogP contribution in [0.25, 0.3) is 0 Å². The van der Waals surface area contributed by atoms with Gasteiger partial charge in [0.2, 0.25) is 5.79 Å². The first-order valence-corrected chi connectivity index (χ1v) is 18.9. The smallest absolute Gasteiger partial charge is 0.341 e. The van der Waals surface area contributed by atoms with E-state index in [9.17, 15) is 34.2 Å². The third-order valence-electron chi connectivity index (χ3n) is 15.9. The first kappa shape index (κ1) is 35.6. The Morgan fingerprint density at radius 2 is 1.43 bits per heavy atom. The van der Waals surface area contributed by atoms with Crippen LogP contribution in [0.15, 0.2) is 0 Å². The molecule has 0 aromatic carbocycles. The molecule has 6 saturated carbocycles. The number of aliphatic hydroxyl groups excluding tert-OH is 1. The van der Waals surface area contributed by atoms with Crippen LogP contribution in [0.3, 0.4) is 0 Å². The average molecular weight is 745 g/mol. The number of hydrogen-bond donors (Lipinski definition) is 2. The highest BCUT2D eigenvalue weighted by molar-refractivity contribution is 5.91. The predicted molar refractivity (Wildman–Crippen MR) is 172 cm³/mol. The van der Waals surface area contributed by atoms with E-state index in [2.05, 4.69) is 0 Å². The lowest BCUT2D eigenvalue weighted by Gasteiger charge is -2.65. The zero-order valence-electron chi connectivity index (χ0n) is 31.1. The Balaban J connectivity index is 1.29. The molecular formula is C38H48O15. The zero-order chi connectivity index (χ0) is 38.3. The maximum atomic E-state index is 15.5. The van der Waals surface area contributed by atoms with Gasteiger partial charge in [-0.3, -0.25) is 24.0 Å². The molecule has 20 atom stereocenters. The molecule has 3 aliphatic heterocycles. The molecule has 0 radical (unpaired) electrons. The number of esters is 5. The van der Waals surface area contributed by atoms with Crippen LogP contribution < -0.4 is 0 Å². The second-order valence-electron chi connectivity index (χ2n) is 18.2. The highest BCUT2D eigenvalue weighted by Crippen LogP contribution is 2.80. The van der Waals surface area contributed by atoms with Gasteiger partial charge in [-0.25, -0.2) is 4.79 Å². The molecule has 1 unspecified atom stereocenters. The molecule has 2 N–H and O–H groups in total. The monoisotopic (exact) mass is 744 g/mol. The summed E-state index contributed by atoms with van der Waals surface area (Å²) >= 11 is 0. The summed E-state index contributed by atoms with van der Waals surface area (Å²) in [4.78, 5) is 81.5. The van der Waals surface area contributed by atoms with Gasteiger partial charge in [0.1, 0.15) is 30.5 Å².